The van der Waals surface area contributed by atoms with Gasteiger partial charge in [-0.3, -0.25) is 9.59 Å². The topological polar surface area (TPSA) is 67.9 Å². The van der Waals surface area contributed by atoms with E-state index in [2.05, 4.69) is 53.7 Å². The third-order valence-electron chi connectivity index (χ3n) is 7.77. The van der Waals surface area contributed by atoms with Gasteiger partial charge in [-0.2, -0.15) is 0 Å². The zero-order valence-corrected chi connectivity index (χ0v) is 22.4. The van der Waals surface area contributed by atoms with Crippen LogP contribution in [0.1, 0.15) is 65.4 Å². The zero-order valence-electron chi connectivity index (χ0n) is 22.4. The smallest absolute Gasteiger partial charge is 0.308 e. The van der Waals surface area contributed by atoms with E-state index < -0.39 is 11.2 Å². The third kappa shape index (κ3) is 6.73. The van der Waals surface area contributed by atoms with Gasteiger partial charge in [0.05, 0.1) is 5.92 Å². The average Bonchev–Trinajstić information content (AvgIpc) is 2.86. The fourth-order valence-electron chi connectivity index (χ4n) is 5.25. The van der Waals surface area contributed by atoms with Gasteiger partial charge < -0.3 is 19.7 Å². The van der Waals surface area contributed by atoms with Gasteiger partial charge in [0.2, 0.25) is 0 Å². The summed E-state index contributed by atoms with van der Waals surface area (Å²) in [6.07, 6.45) is 7.19. The number of ether oxygens (including phenoxy) is 2. The Kier molecular flexibility index (Phi) is 9.16. The molecule has 0 unspecified atom stereocenters. The molecular weight excluding hydrogens is 440 g/mol. The van der Waals surface area contributed by atoms with E-state index in [4.69, 9.17) is 9.47 Å². The Bertz CT molecular complexity index is 895. The van der Waals surface area contributed by atoms with Crippen LogP contribution in [0.25, 0.3) is 5.57 Å². The highest BCUT2D eigenvalue weighted by molar-refractivity contribution is 5.84. The minimum atomic E-state index is -0.814. The van der Waals surface area contributed by atoms with E-state index in [0.717, 1.165) is 45.2 Å². The second-order valence-corrected chi connectivity index (χ2v) is 11.1. The molecule has 0 radical (unpaired) electrons. The summed E-state index contributed by atoms with van der Waals surface area (Å²) in [4.78, 5) is 27.2. The molecule has 1 fully saturated rings. The number of carbonyl (C=O) groups excluding carboxylic acids is 2. The lowest BCUT2D eigenvalue weighted by Gasteiger charge is -2.50. The predicted molar refractivity (Wildman–Crippen MR) is 140 cm³/mol. The van der Waals surface area contributed by atoms with Crippen LogP contribution in [0.5, 0.6) is 0 Å². The number of esters is 1. The second kappa shape index (κ2) is 11.7. The number of benzene rings is 1. The van der Waals surface area contributed by atoms with Crippen molar-refractivity contribution in [2.45, 2.75) is 71.0 Å². The van der Waals surface area contributed by atoms with Crippen LogP contribution in [0.3, 0.4) is 0 Å². The molecule has 3 aliphatic rings. The Labute approximate surface area is 211 Å². The molecule has 4 rings (SSSR count). The number of nitrogens with one attached hydrogen (secondary N) is 1. The zero-order chi connectivity index (χ0) is 25.6. The van der Waals surface area contributed by atoms with Gasteiger partial charge in [0.1, 0.15) is 11.2 Å². The van der Waals surface area contributed by atoms with Crippen molar-refractivity contribution in [2.75, 3.05) is 33.8 Å². The van der Waals surface area contributed by atoms with Gasteiger partial charge in [0.25, 0.3) is 5.91 Å². The fraction of sp³-hybridized carbons (Fsp3) is 0.655. The molecule has 3 aliphatic carbocycles. The lowest BCUT2D eigenvalue weighted by atomic mass is 9.60. The largest absolute Gasteiger partial charge is 0.458 e. The number of rotatable bonds is 12. The minimum absolute atomic E-state index is 0.0959. The molecular formula is C29H44N2O4. The Morgan fingerprint density at radius 3 is 2.49 bits per heavy atom. The summed E-state index contributed by atoms with van der Waals surface area (Å²) in [7, 11) is 3.65. The van der Waals surface area contributed by atoms with Crippen molar-refractivity contribution >= 4 is 17.4 Å². The maximum atomic E-state index is 12.8. The Hall–Kier alpha value is -2.18. The van der Waals surface area contributed by atoms with Crippen molar-refractivity contribution in [3.05, 3.63) is 42.0 Å². The highest BCUT2D eigenvalue weighted by Gasteiger charge is 2.50. The highest BCUT2D eigenvalue weighted by atomic mass is 16.6. The number of amides is 1. The van der Waals surface area contributed by atoms with Crippen molar-refractivity contribution in [1.29, 1.82) is 0 Å². The summed E-state index contributed by atoms with van der Waals surface area (Å²) in [6.45, 7) is 9.67. The standard InChI is InChI=1S/C29H44N2O4/c1-21(2)26(32)35-29(15-18-31(5)17-10-16-30-27(33)28(3,4)34-6)20-23-13-14-24(29)19-25(23)22-11-8-7-9-12-22/h7-9,11-12,19,21,23-24H,10,13-18,20H2,1-6H3,(H,30,33)/t23-,24-,29+/m0/s1. The average molecular weight is 485 g/mol. The summed E-state index contributed by atoms with van der Waals surface area (Å²) in [5, 5.41) is 2.96. The van der Waals surface area contributed by atoms with E-state index in [-0.39, 0.29) is 23.7 Å². The molecule has 6 heteroatoms. The molecule has 1 aromatic carbocycles. The van der Waals surface area contributed by atoms with Crippen molar-refractivity contribution in [2.24, 2.45) is 17.8 Å². The molecule has 1 saturated carbocycles. The molecule has 1 amide bonds. The van der Waals surface area contributed by atoms with Crippen molar-refractivity contribution in [3.8, 4) is 0 Å². The molecule has 35 heavy (non-hydrogen) atoms. The number of methoxy groups -OCH3 is 1. The maximum absolute atomic E-state index is 12.8. The lowest BCUT2D eigenvalue weighted by molar-refractivity contribution is -0.176. The van der Waals surface area contributed by atoms with Crippen LogP contribution >= 0.6 is 0 Å². The normalized spacial score (nSPS) is 23.9. The predicted octanol–water partition coefficient (Wildman–Crippen LogP) is 4.69. The number of fused-ring (bicyclic) bond motifs is 2. The quantitative estimate of drug-likeness (QED) is 0.344. The van der Waals surface area contributed by atoms with Crippen molar-refractivity contribution in [1.82, 2.24) is 10.2 Å². The summed E-state index contributed by atoms with van der Waals surface area (Å²) in [6, 6.07) is 10.6. The Morgan fingerprint density at radius 2 is 1.89 bits per heavy atom. The number of hydrogen-bond donors (Lipinski definition) is 1. The maximum Gasteiger partial charge on any atom is 0.308 e. The molecule has 0 aliphatic heterocycles. The molecule has 0 saturated heterocycles. The van der Waals surface area contributed by atoms with E-state index in [1.165, 1.54) is 11.1 Å². The first-order valence-corrected chi connectivity index (χ1v) is 13.1. The molecule has 6 nitrogen and oxygen atoms in total. The van der Waals surface area contributed by atoms with Gasteiger partial charge in [-0.05, 0) is 70.2 Å². The summed E-state index contributed by atoms with van der Waals surface area (Å²) in [5.41, 5.74) is 1.46. The van der Waals surface area contributed by atoms with Crippen LogP contribution < -0.4 is 5.32 Å². The molecule has 0 aromatic heterocycles. The van der Waals surface area contributed by atoms with Gasteiger partial charge >= 0.3 is 5.97 Å². The monoisotopic (exact) mass is 484 g/mol. The summed E-state index contributed by atoms with van der Waals surface area (Å²) in [5.74, 6) is 0.337. The first kappa shape index (κ1) is 27.4. The lowest BCUT2D eigenvalue weighted by Crippen LogP contribution is -2.51. The van der Waals surface area contributed by atoms with E-state index in [1.54, 1.807) is 21.0 Å². The van der Waals surface area contributed by atoms with E-state index >= 15 is 0 Å². The third-order valence-corrected chi connectivity index (χ3v) is 7.77. The van der Waals surface area contributed by atoms with Crippen LogP contribution in [0.15, 0.2) is 36.4 Å². The van der Waals surface area contributed by atoms with E-state index in [1.807, 2.05) is 13.8 Å². The molecule has 0 heterocycles. The van der Waals surface area contributed by atoms with Gasteiger partial charge in [-0.15, -0.1) is 0 Å². The van der Waals surface area contributed by atoms with Crippen molar-refractivity contribution in [3.63, 3.8) is 0 Å². The number of allylic oxidation sites excluding steroid dienone is 1. The molecule has 3 atom stereocenters. The summed E-state index contributed by atoms with van der Waals surface area (Å²) >= 11 is 0. The number of carbonyl (C=O) groups is 2. The fourth-order valence-corrected chi connectivity index (χ4v) is 5.25. The minimum Gasteiger partial charge on any atom is -0.458 e. The van der Waals surface area contributed by atoms with Crippen LogP contribution in [0.2, 0.25) is 0 Å². The Morgan fingerprint density at radius 1 is 1.17 bits per heavy atom. The molecule has 194 valence electrons. The van der Waals surface area contributed by atoms with Gasteiger partial charge in [0.15, 0.2) is 0 Å². The van der Waals surface area contributed by atoms with Crippen LogP contribution in [0.4, 0.5) is 0 Å². The molecule has 1 aromatic rings. The van der Waals surface area contributed by atoms with Crippen LogP contribution in [-0.2, 0) is 19.1 Å². The Balaban J connectivity index is 1.62. The number of nitrogens with zero attached hydrogens (tertiary/aromatic N) is 1. The van der Waals surface area contributed by atoms with Crippen LogP contribution in [-0.4, -0.2) is 61.8 Å². The molecule has 0 spiro atoms. The SMILES string of the molecule is COC(C)(C)C(=O)NCCCN(C)CC[C@@]1(OC(=O)C(C)C)C[C@@H]2CC[C@H]1C=C2c1ccccc1. The second-order valence-electron chi connectivity index (χ2n) is 11.1. The van der Waals surface area contributed by atoms with E-state index in [9.17, 15) is 9.59 Å². The molecule has 1 N–H and O–H groups in total. The van der Waals surface area contributed by atoms with Gasteiger partial charge in [-0.25, -0.2) is 0 Å². The summed E-state index contributed by atoms with van der Waals surface area (Å²) < 4.78 is 11.6. The van der Waals surface area contributed by atoms with E-state index in [0.29, 0.717) is 12.5 Å². The number of hydrogen-bond acceptors (Lipinski definition) is 5. The van der Waals surface area contributed by atoms with Crippen LogP contribution in [0, 0.1) is 17.8 Å². The highest BCUT2D eigenvalue weighted by Crippen LogP contribution is 2.53. The first-order valence-electron chi connectivity index (χ1n) is 13.1. The first-order chi connectivity index (χ1) is 16.6. The molecule has 2 bridgehead atoms. The van der Waals surface area contributed by atoms with Gasteiger partial charge in [0, 0.05) is 32.5 Å². The van der Waals surface area contributed by atoms with Gasteiger partial charge in [-0.1, -0.05) is 50.3 Å². The van der Waals surface area contributed by atoms with Crippen molar-refractivity contribution < 1.29 is 19.1 Å².